The molecular formula is C37H35F6N5O9S2. The van der Waals surface area contributed by atoms with Crippen LogP contribution in [0.15, 0.2) is 89.3 Å². The van der Waals surface area contributed by atoms with E-state index in [1.54, 1.807) is 35.6 Å². The Balaban J connectivity index is 0.000000261. The number of ketones is 1. The molecule has 14 nitrogen and oxygen atoms in total. The van der Waals surface area contributed by atoms with Crippen molar-refractivity contribution in [2.45, 2.75) is 25.9 Å². The summed E-state index contributed by atoms with van der Waals surface area (Å²) >= 11 is 0. The Morgan fingerprint density at radius 3 is 1.66 bits per heavy atom. The molecule has 0 spiro atoms. The maximum Gasteiger partial charge on any atom is 0.315 e. The average molecular weight is 872 g/mol. The summed E-state index contributed by atoms with van der Waals surface area (Å²) in [6.07, 6.45) is -4.24. The van der Waals surface area contributed by atoms with Crippen LogP contribution in [0, 0.1) is 11.6 Å². The van der Waals surface area contributed by atoms with Gasteiger partial charge in [0, 0.05) is 34.4 Å². The molecule has 1 heterocycles. The Hall–Kier alpha value is -6.16. The second kappa shape index (κ2) is 19.5. The fourth-order valence-electron chi connectivity index (χ4n) is 5.08. The molecule has 5 aromatic rings. The number of methoxy groups -OCH3 is 2. The summed E-state index contributed by atoms with van der Waals surface area (Å²) in [5, 5.41) is 8.39. The first-order valence-corrected chi connectivity index (χ1v) is 20.4. The normalized spacial score (nSPS) is 11.5. The smallest absolute Gasteiger partial charge is 0.315 e. The molecule has 59 heavy (non-hydrogen) atoms. The maximum absolute atomic E-state index is 14.6. The van der Waals surface area contributed by atoms with E-state index in [-0.39, 0.29) is 46.9 Å². The monoisotopic (exact) mass is 871 g/mol. The molecule has 316 valence electrons. The molecule has 1 amide bonds. The minimum absolute atomic E-state index is 0.0172. The molecule has 0 aliphatic heterocycles. The largest absolute Gasteiger partial charge is 0.497 e. The van der Waals surface area contributed by atoms with Gasteiger partial charge >= 0.3 is 12.9 Å². The zero-order valence-corrected chi connectivity index (χ0v) is 33.0. The molecule has 0 aliphatic rings. The molecule has 5 rings (SSSR count). The molecule has 0 fully saturated rings. The van der Waals surface area contributed by atoms with Crippen molar-refractivity contribution >= 4 is 43.1 Å². The van der Waals surface area contributed by atoms with E-state index in [0.29, 0.717) is 17.2 Å². The van der Waals surface area contributed by atoms with Gasteiger partial charge in [0.2, 0.25) is 25.9 Å². The number of benzene rings is 4. The van der Waals surface area contributed by atoms with Gasteiger partial charge in [-0.2, -0.15) is 17.6 Å². The van der Waals surface area contributed by atoms with Crippen LogP contribution in [-0.4, -0.2) is 78.4 Å². The van der Waals surface area contributed by atoms with Crippen LogP contribution in [0.4, 0.5) is 37.7 Å². The fraction of sp³-hybridized carbons (Fsp3) is 0.243. The van der Waals surface area contributed by atoms with E-state index in [1.807, 2.05) is 0 Å². The van der Waals surface area contributed by atoms with E-state index >= 15 is 0 Å². The lowest BCUT2D eigenvalue weighted by Crippen LogP contribution is -2.34. The number of carbonyl (C=O) groups is 2. The fourth-order valence-corrected chi connectivity index (χ4v) is 6.82. The quantitative estimate of drug-likeness (QED) is 0.0888. The average Bonchev–Trinajstić information content (AvgIpc) is 3.69. The number of sulfonamides is 2. The minimum Gasteiger partial charge on any atom is -0.497 e. The van der Waals surface area contributed by atoms with E-state index in [1.165, 1.54) is 56.7 Å². The summed E-state index contributed by atoms with van der Waals surface area (Å²) in [6, 6.07) is 19.6. The summed E-state index contributed by atoms with van der Waals surface area (Å²) in [5.74, 6) is -4.28. The molecule has 0 unspecified atom stereocenters. The predicted molar refractivity (Wildman–Crippen MR) is 202 cm³/mol. The molecule has 0 radical (unpaired) electrons. The van der Waals surface area contributed by atoms with Gasteiger partial charge in [0.05, 0.1) is 57.7 Å². The molecule has 22 heteroatoms. The number of nitrogens with one attached hydrogen (secondary N) is 1. The molecule has 0 saturated carbocycles. The second-order valence-electron chi connectivity index (χ2n) is 12.2. The number of alkyl halides is 4. The number of halogens is 6. The Morgan fingerprint density at radius 1 is 0.729 bits per heavy atom. The molecular weight excluding hydrogens is 837 g/mol. The Bertz CT molecular complexity index is 2510. The van der Waals surface area contributed by atoms with Gasteiger partial charge in [0.15, 0.2) is 5.78 Å². The number of amides is 1. The lowest BCUT2D eigenvalue weighted by molar-refractivity contribution is -0.131. The minimum atomic E-state index is -3.79. The number of Topliss-reactive ketones (excluding diaryl/α,β-unsaturated/α-hetero) is 1. The predicted octanol–water partition coefficient (Wildman–Crippen LogP) is 6.15. The van der Waals surface area contributed by atoms with E-state index in [2.05, 4.69) is 10.2 Å². The number of nitrogens with zero attached hydrogens (tertiary/aromatic N) is 4. The van der Waals surface area contributed by atoms with E-state index in [9.17, 15) is 52.8 Å². The molecule has 0 atom stereocenters. The second-order valence-corrected chi connectivity index (χ2v) is 16.1. The van der Waals surface area contributed by atoms with Gasteiger partial charge in [-0.1, -0.05) is 30.3 Å². The molecule has 1 aromatic heterocycles. The van der Waals surface area contributed by atoms with Crippen LogP contribution in [0.5, 0.6) is 11.5 Å². The van der Waals surface area contributed by atoms with Crippen LogP contribution < -0.4 is 23.4 Å². The topological polar surface area (TPSA) is 178 Å². The van der Waals surface area contributed by atoms with Crippen LogP contribution in [0.1, 0.15) is 33.8 Å². The first-order chi connectivity index (χ1) is 27.7. The van der Waals surface area contributed by atoms with Crippen LogP contribution in [0.25, 0.3) is 11.5 Å². The van der Waals surface area contributed by atoms with Gasteiger partial charge < -0.3 is 19.2 Å². The third kappa shape index (κ3) is 12.4. The van der Waals surface area contributed by atoms with Gasteiger partial charge in [0.25, 0.3) is 11.8 Å². The van der Waals surface area contributed by atoms with Crippen LogP contribution in [0.3, 0.4) is 0 Å². The van der Waals surface area contributed by atoms with Crippen LogP contribution >= 0.6 is 0 Å². The van der Waals surface area contributed by atoms with E-state index < -0.39 is 68.7 Å². The van der Waals surface area contributed by atoms with Crippen molar-refractivity contribution in [1.82, 2.24) is 15.5 Å². The summed E-state index contributed by atoms with van der Waals surface area (Å²) in [6.45, 7) is -1.36. The van der Waals surface area contributed by atoms with Crippen molar-refractivity contribution in [2.75, 3.05) is 41.9 Å². The highest BCUT2D eigenvalue weighted by Gasteiger charge is 2.24. The van der Waals surface area contributed by atoms with E-state index in [0.717, 1.165) is 33.3 Å². The number of aromatic nitrogens is 2. The van der Waals surface area contributed by atoms with Crippen molar-refractivity contribution in [3.8, 4) is 23.0 Å². The standard InChI is InChI=1S/C19H19F3N2O5S.C18H16F3N3O4S/c1-29-15-5-3-4-14(9-15)24(30(2,27)28)11-13-7-6-12(8-16(13)20)17(25)10-23-19(26)18(21)22;1-27-14-5-3-4-13(9-14)24(29(2,25)26)10-12-7-6-11(8-15(12)19)17-22-23-18(28-17)16(20)21/h3-9,18H,10-11H2,1-2H3,(H,23,26);3-9,16H,10H2,1-2H3. The molecule has 0 bridgehead atoms. The highest BCUT2D eigenvalue weighted by molar-refractivity contribution is 7.92. The number of carbonyl (C=O) groups excluding carboxylic acids is 2. The number of rotatable bonds is 16. The maximum atomic E-state index is 14.6. The Labute approximate surface area is 334 Å². The van der Waals surface area contributed by atoms with Crippen molar-refractivity contribution in [3.05, 3.63) is 119 Å². The van der Waals surface area contributed by atoms with Crippen molar-refractivity contribution in [3.63, 3.8) is 0 Å². The number of anilines is 2. The van der Waals surface area contributed by atoms with Crippen molar-refractivity contribution in [2.24, 2.45) is 0 Å². The molecule has 4 aromatic carbocycles. The van der Waals surface area contributed by atoms with Gasteiger partial charge in [-0.05, 0) is 42.5 Å². The highest BCUT2D eigenvalue weighted by atomic mass is 32.2. The first-order valence-electron chi connectivity index (χ1n) is 16.7. The molecule has 0 aliphatic carbocycles. The Morgan fingerprint density at radius 2 is 1.24 bits per heavy atom. The van der Waals surface area contributed by atoms with Crippen molar-refractivity contribution in [1.29, 1.82) is 0 Å². The SMILES string of the molecule is COc1cccc(N(Cc2ccc(-c3nnc(C(F)F)o3)cc2F)S(C)(=O)=O)c1.COc1cccc(N(Cc2ccc(C(=O)CNC(=O)C(F)F)cc2F)S(C)(=O)=O)c1. The Kier molecular flexibility index (Phi) is 15.1. The first kappa shape index (κ1) is 45.5. The summed E-state index contributed by atoms with van der Waals surface area (Å²) in [7, 11) is -4.66. The number of hydrogen-bond acceptors (Lipinski definition) is 11. The van der Waals surface area contributed by atoms with Crippen LogP contribution in [-0.2, 0) is 37.9 Å². The zero-order valence-electron chi connectivity index (χ0n) is 31.4. The lowest BCUT2D eigenvalue weighted by atomic mass is 10.1. The summed E-state index contributed by atoms with van der Waals surface area (Å²) in [4.78, 5) is 22.8. The van der Waals surface area contributed by atoms with E-state index in [4.69, 9.17) is 13.9 Å². The third-order valence-electron chi connectivity index (χ3n) is 8.03. The van der Waals surface area contributed by atoms with Gasteiger partial charge in [-0.15, -0.1) is 10.2 Å². The van der Waals surface area contributed by atoms with Gasteiger partial charge in [-0.3, -0.25) is 18.2 Å². The summed E-state index contributed by atoms with van der Waals surface area (Å²) < 4.78 is 145. The number of ether oxygens (including phenoxy) is 2. The molecule has 0 saturated heterocycles. The highest BCUT2D eigenvalue weighted by Crippen LogP contribution is 2.29. The zero-order chi connectivity index (χ0) is 43.7. The van der Waals surface area contributed by atoms with Crippen LogP contribution in [0.2, 0.25) is 0 Å². The summed E-state index contributed by atoms with van der Waals surface area (Å²) in [5.41, 5.74) is 0.544. The molecule has 1 N–H and O–H groups in total. The third-order valence-corrected chi connectivity index (χ3v) is 10.3. The lowest BCUT2D eigenvalue weighted by Gasteiger charge is -2.23. The van der Waals surface area contributed by atoms with Crippen molar-refractivity contribution < 1.29 is 66.7 Å². The van der Waals surface area contributed by atoms with Gasteiger partial charge in [-0.25, -0.2) is 25.6 Å². The van der Waals surface area contributed by atoms with Gasteiger partial charge in [0.1, 0.15) is 23.1 Å². The number of hydrogen-bond donors (Lipinski definition) is 1.